The maximum absolute atomic E-state index is 2.58. The van der Waals surface area contributed by atoms with E-state index in [-0.39, 0.29) is 0 Å². The van der Waals surface area contributed by atoms with E-state index in [9.17, 15) is 0 Å². The summed E-state index contributed by atoms with van der Waals surface area (Å²) in [6.07, 6.45) is 1.80. The SMILES string of the molecule is CC([SiH3])C[C]12[CH]3[CH]4[CH]5[CH]1[Fe]45321678[CH]2[CH]1[CH]6[CH]7[CH]28. The van der Waals surface area contributed by atoms with Crippen molar-refractivity contribution < 1.29 is 6.51 Å². The van der Waals surface area contributed by atoms with E-state index in [1.54, 1.807) is 49.8 Å². The number of fused-ring (bicyclic) bond motifs is 10. The molecule has 2 heteroatoms. The Morgan fingerprint density at radius 2 is 1.47 bits per heavy atom. The Morgan fingerprint density at radius 1 is 1.00 bits per heavy atom. The third-order valence-electron chi connectivity index (χ3n) is 15.7. The Balaban J connectivity index is 1.70. The third-order valence-corrected chi connectivity index (χ3v) is 59.1. The molecule has 0 aromatic carbocycles. The molecule has 0 N–H and O–H groups in total. The van der Waals surface area contributed by atoms with E-state index in [4.69, 9.17) is 0 Å². The molecule has 0 bridgehead atoms. The average Bonchev–Trinajstić information content (AvgIpc) is 3.12. The van der Waals surface area contributed by atoms with E-state index in [0.717, 1.165) is 0 Å². The van der Waals surface area contributed by atoms with Gasteiger partial charge in [-0.05, 0) is 0 Å². The van der Waals surface area contributed by atoms with Crippen LogP contribution in [0.3, 0.4) is 0 Å². The monoisotopic (exact) mass is 258 g/mol. The molecule has 0 aromatic heterocycles. The van der Waals surface area contributed by atoms with Gasteiger partial charge in [-0.15, -0.1) is 0 Å². The normalized spacial score (nSPS) is 136. The van der Waals surface area contributed by atoms with Crippen molar-refractivity contribution >= 4 is 10.2 Å². The van der Waals surface area contributed by atoms with Gasteiger partial charge in [-0.2, -0.15) is 0 Å². The molecular formula is C13H18FeSi. The van der Waals surface area contributed by atoms with Crippen LogP contribution in [0, 0.1) is 0 Å². The van der Waals surface area contributed by atoms with Crippen LogP contribution in [0.2, 0.25) is 53.2 Å². The second-order valence-electron chi connectivity index (χ2n) is 11.4. The van der Waals surface area contributed by atoms with Crippen LogP contribution in [0.25, 0.3) is 0 Å². The topological polar surface area (TPSA) is 0 Å². The number of rotatable bonds is 2. The van der Waals surface area contributed by atoms with Crippen LogP contribution in [0.4, 0.5) is 0 Å². The van der Waals surface area contributed by atoms with Crippen LogP contribution >= 0.6 is 0 Å². The zero-order chi connectivity index (χ0) is 9.30. The molecule has 15 heavy (non-hydrogen) atoms. The zero-order valence-electron chi connectivity index (χ0n) is 9.33. The van der Waals surface area contributed by atoms with Crippen LogP contribution in [-0.2, 0) is 6.51 Å². The summed E-state index contributed by atoms with van der Waals surface area (Å²) < 4.78 is 1.25. The fourth-order valence-electron chi connectivity index (χ4n) is 17.8. The van der Waals surface area contributed by atoms with E-state index < -0.39 is 6.51 Å². The van der Waals surface area contributed by atoms with Crippen LogP contribution in [0.1, 0.15) is 13.3 Å². The zero-order valence-corrected chi connectivity index (χ0v) is 12.4. The summed E-state index contributed by atoms with van der Waals surface area (Å²) in [6, 6.07) is 0. The van der Waals surface area contributed by atoms with Gasteiger partial charge in [-0.25, -0.2) is 0 Å². The Hall–Kier alpha value is 0.736. The van der Waals surface area contributed by atoms with E-state index >= 15 is 0 Å². The van der Waals surface area contributed by atoms with Gasteiger partial charge in [-0.1, -0.05) is 0 Å². The summed E-state index contributed by atoms with van der Waals surface area (Å²) in [5.41, 5.74) is 1.17. The molecule has 10 saturated heterocycles. The molecule has 5 atom stereocenters. The summed E-state index contributed by atoms with van der Waals surface area (Å²) >= 11 is 0. The van der Waals surface area contributed by atoms with Gasteiger partial charge in [-0.3, -0.25) is 0 Å². The van der Waals surface area contributed by atoms with Crippen molar-refractivity contribution in [1.82, 2.24) is 0 Å². The van der Waals surface area contributed by atoms with Gasteiger partial charge in [0.2, 0.25) is 0 Å². The van der Waals surface area contributed by atoms with Crippen LogP contribution in [-0.4, -0.2) is 10.2 Å². The second kappa shape index (κ2) is 0.406. The molecule has 1 spiro atoms. The average molecular weight is 258 g/mol. The molecular weight excluding hydrogens is 240 g/mol. The number of hydrogen-bond acceptors (Lipinski definition) is 0. The molecule has 0 amide bonds. The molecule has 0 nitrogen and oxygen atoms in total. The minimum absolute atomic E-state index is 1.17. The summed E-state index contributed by atoms with van der Waals surface area (Å²) in [6.45, 7) is 0.00759. The maximum atomic E-state index is 2.58. The van der Waals surface area contributed by atoms with E-state index in [1.165, 1.54) is 20.1 Å². The van der Waals surface area contributed by atoms with Crippen LogP contribution in [0.15, 0.2) is 0 Å². The van der Waals surface area contributed by atoms with Crippen LogP contribution < -0.4 is 0 Å². The first kappa shape index (κ1) is 5.58. The predicted octanol–water partition coefficient (Wildman–Crippen LogP) is 3.31. The minimum atomic E-state index is -2.57. The van der Waals surface area contributed by atoms with Crippen molar-refractivity contribution in [2.75, 3.05) is 0 Å². The Bertz CT molecular complexity index is 815. The first-order valence-corrected chi connectivity index (χ1v) is 14.6. The van der Waals surface area contributed by atoms with Gasteiger partial charge in [0.15, 0.2) is 0 Å². The Kier molecular flexibility index (Phi) is 0.151. The van der Waals surface area contributed by atoms with Crippen LogP contribution in [0.5, 0.6) is 0 Å². The van der Waals surface area contributed by atoms with Crippen molar-refractivity contribution in [2.45, 2.75) is 66.5 Å². The first-order chi connectivity index (χ1) is 6.96. The standard InChI is InChI=1S/C8H13Si.C5H5.Fe/c1-7(9)6-8-4-2-3-5-8;1-2-4-5-3-1;/h2-5,7H,6H2,1,9H3;1-5H;. The Morgan fingerprint density at radius 3 is 1.67 bits per heavy atom. The van der Waals surface area contributed by atoms with Crippen molar-refractivity contribution in [3.05, 3.63) is 0 Å². The van der Waals surface area contributed by atoms with Gasteiger partial charge in [0.25, 0.3) is 0 Å². The van der Waals surface area contributed by atoms with E-state index in [1.807, 2.05) is 0 Å². The summed E-state index contributed by atoms with van der Waals surface area (Å²) in [5.74, 6) is 0. The molecule has 10 aliphatic heterocycles. The fraction of sp³-hybridized carbons (Fsp3) is 1.00. The molecule has 10 aliphatic rings. The molecule has 0 radical (unpaired) electrons. The van der Waals surface area contributed by atoms with Gasteiger partial charge < -0.3 is 0 Å². The van der Waals surface area contributed by atoms with Crippen molar-refractivity contribution in [1.29, 1.82) is 0 Å². The molecule has 0 saturated carbocycles. The van der Waals surface area contributed by atoms with Crippen molar-refractivity contribution in [2.24, 2.45) is 0 Å². The first-order valence-electron chi connectivity index (χ1n) is 7.17. The fourth-order valence-corrected chi connectivity index (χ4v) is 94.2. The van der Waals surface area contributed by atoms with Gasteiger partial charge in [0, 0.05) is 0 Å². The van der Waals surface area contributed by atoms with Gasteiger partial charge >= 0.3 is 83.3 Å². The summed E-state index contributed by atoms with van der Waals surface area (Å²) in [4.78, 5) is 14.1. The molecule has 10 fully saturated rings. The van der Waals surface area contributed by atoms with Gasteiger partial charge in [0.05, 0.1) is 0 Å². The molecule has 10 heterocycles. The second-order valence-corrected chi connectivity index (χ2v) is 37.1. The molecule has 5 unspecified atom stereocenters. The molecule has 10 rings (SSSR count). The summed E-state index contributed by atoms with van der Waals surface area (Å²) in [5, 5.41) is 0. The quantitative estimate of drug-likeness (QED) is 0.667. The Labute approximate surface area is 83.3 Å². The van der Waals surface area contributed by atoms with Crippen molar-refractivity contribution in [3.8, 4) is 0 Å². The molecule has 0 aliphatic carbocycles. The molecule has 0 aromatic rings. The summed E-state index contributed by atoms with van der Waals surface area (Å²) in [7, 11) is 1.49. The third kappa shape index (κ3) is 0.0500. The molecule has 82 valence electrons. The number of hydrogen-bond donors (Lipinski definition) is 0. The predicted molar refractivity (Wildman–Crippen MR) is 60.4 cm³/mol. The van der Waals surface area contributed by atoms with Crippen molar-refractivity contribution in [3.63, 3.8) is 0 Å². The van der Waals surface area contributed by atoms with E-state index in [0.29, 0.717) is 0 Å². The van der Waals surface area contributed by atoms with E-state index in [2.05, 4.69) is 6.92 Å². The van der Waals surface area contributed by atoms with Gasteiger partial charge in [0.1, 0.15) is 0 Å².